The summed E-state index contributed by atoms with van der Waals surface area (Å²) in [5, 5.41) is 7.06. The Balaban J connectivity index is 1.49. The van der Waals surface area contributed by atoms with Crippen LogP contribution in [0, 0.1) is 5.92 Å². The maximum atomic E-state index is 5.71. The minimum absolute atomic E-state index is 0.274. The second-order valence-electron chi connectivity index (χ2n) is 7.51. The van der Waals surface area contributed by atoms with E-state index in [1.807, 2.05) is 13.1 Å². The van der Waals surface area contributed by atoms with Gasteiger partial charge in [0, 0.05) is 26.7 Å². The van der Waals surface area contributed by atoms with Gasteiger partial charge in [0.25, 0.3) is 0 Å². The molecule has 2 aliphatic heterocycles. The van der Waals surface area contributed by atoms with Crippen molar-refractivity contribution in [3.63, 3.8) is 0 Å². The zero-order chi connectivity index (χ0) is 18.2. The summed E-state index contributed by atoms with van der Waals surface area (Å²) >= 11 is 0. The van der Waals surface area contributed by atoms with Gasteiger partial charge in [0.15, 0.2) is 5.96 Å². The minimum Gasteiger partial charge on any atom is -0.468 e. The van der Waals surface area contributed by atoms with Crippen molar-refractivity contribution >= 4 is 5.96 Å². The predicted molar refractivity (Wildman–Crippen MR) is 106 cm³/mol. The second kappa shape index (κ2) is 9.97. The third kappa shape index (κ3) is 5.24. The van der Waals surface area contributed by atoms with E-state index >= 15 is 0 Å². The van der Waals surface area contributed by atoms with Crippen LogP contribution in [0.2, 0.25) is 0 Å². The van der Waals surface area contributed by atoms with Gasteiger partial charge in [-0.3, -0.25) is 9.89 Å². The summed E-state index contributed by atoms with van der Waals surface area (Å²) in [5.74, 6) is 2.65. The van der Waals surface area contributed by atoms with E-state index in [0.29, 0.717) is 5.92 Å². The summed E-state index contributed by atoms with van der Waals surface area (Å²) < 4.78 is 5.71. The molecule has 0 saturated carbocycles. The van der Waals surface area contributed by atoms with E-state index in [-0.39, 0.29) is 6.04 Å². The zero-order valence-corrected chi connectivity index (χ0v) is 16.4. The molecule has 6 nitrogen and oxygen atoms in total. The zero-order valence-electron chi connectivity index (χ0n) is 16.4. The molecule has 3 rings (SSSR count). The molecule has 3 heterocycles. The molecule has 0 aliphatic carbocycles. The van der Waals surface area contributed by atoms with Gasteiger partial charge in [-0.2, -0.15) is 0 Å². The van der Waals surface area contributed by atoms with Crippen LogP contribution in [0.25, 0.3) is 0 Å². The van der Waals surface area contributed by atoms with Crippen molar-refractivity contribution in [1.82, 2.24) is 20.4 Å². The van der Waals surface area contributed by atoms with Gasteiger partial charge in [0.1, 0.15) is 5.76 Å². The molecule has 2 fully saturated rings. The standard InChI is InChI=1S/C20H35N5O/c1-3-24-10-6-8-17(16-24)14-22-20(21-2)23-15-18(19-9-7-13-26-19)25-11-4-5-12-25/h7,9,13,17-18H,3-6,8,10-12,14-16H2,1-2H3,(H2,21,22,23). The monoisotopic (exact) mass is 361 g/mol. The molecule has 0 bridgehead atoms. The minimum atomic E-state index is 0.274. The number of hydrogen-bond acceptors (Lipinski definition) is 4. The first kappa shape index (κ1) is 19.2. The van der Waals surface area contributed by atoms with Crippen LogP contribution >= 0.6 is 0 Å². The van der Waals surface area contributed by atoms with Gasteiger partial charge in [0.2, 0.25) is 0 Å². The number of furan rings is 1. The normalized spacial score (nSPS) is 23.9. The number of hydrogen-bond donors (Lipinski definition) is 2. The molecule has 0 radical (unpaired) electrons. The van der Waals surface area contributed by atoms with Gasteiger partial charge in [-0.1, -0.05) is 6.92 Å². The first-order valence-corrected chi connectivity index (χ1v) is 10.2. The van der Waals surface area contributed by atoms with Crippen LogP contribution in [0.1, 0.15) is 44.4 Å². The van der Waals surface area contributed by atoms with Crippen LogP contribution in [0.15, 0.2) is 27.8 Å². The first-order chi connectivity index (χ1) is 12.8. The van der Waals surface area contributed by atoms with Gasteiger partial charge in [0.05, 0.1) is 12.3 Å². The van der Waals surface area contributed by atoms with Crippen LogP contribution in [0.5, 0.6) is 0 Å². The van der Waals surface area contributed by atoms with Crippen molar-refractivity contribution in [3.8, 4) is 0 Å². The number of nitrogens with one attached hydrogen (secondary N) is 2. The summed E-state index contributed by atoms with van der Waals surface area (Å²) in [5.41, 5.74) is 0. The maximum absolute atomic E-state index is 5.71. The molecular weight excluding hydrogens is 326 g/mol. The topological polar surface area (TPSA) is 56.0 Å². The molecule has 2 atom stereocenters. The Morgan fingerprint density at radius 3 is 2.81 bits per heavy atom. The molecule has 1 aromatic heterocycles. The quantitative estimate of drug-likeness (QED) is 0.577. The Hall–Kier alpha value is -1.53. The SMILES string of the molecule is CCN1CCCC(CNC(=NC)NCC(c2ccco2)N2CCCC2)C1. The molecule has 2 unspecified atom stereocenters. The van der Waals surface area contributed by atoms with E-state index in [1.54, 1.807) is 6.26 Å². The Morgan fingerprint density at radius 1 is 1.27 bits per heavy atom. The van der Waals surface area contributed by atoms with Crippen LogP contribution < -0.4 is 10.6 Å². The number of likely N-dealkylation sites (tertiary alicyclic amines) is 2. The Kier molecular flexibility index (Phi) is 7.38. The summed E-state index contributed by atoms with van der Waals surface area (Å²) in [4.78, 5) is 9.48. The van der Waals surface area contributed by atoms with Crippen molar-refractivity contribution in [2.24, 2.45) is 10.9 Å². The van der Waals surface area contributed by atoms with Crippen LogP contribution in [0.4, 0.5) is 0 Å². The summed E-state index contributed by atoms with van der Waals surface area (Å²) in [6, 6.07) is 4.34. The van der Waals surface area contributed by atoms with E-state index in [2.05, 4.69) is 38.4 Å². The molecule has 2 aliphatic rings. The molecule has 0 spiro atoms. The molecule has 0 amide bonds. The number of aliphatic imine (C=N–C) groups is 1. The smallest absolute Gasteiger partial charge is 0.191 e. The molecule has 2 saturated heterocycles. The van der Waals surface area contributed by atoms with Gasteiger partial charge >= 0.3 is 0 Å². The van der Waals surface area contributed by atoms with E-state index in [1.165, 1.54) is 38.8 Å². The molecule has 26 heavy (non-hydrogen) atoms. The van der Waals surface area contributed by atoms with E-state index in [9.17, 15) is 0 Å². The van der Waals surface area contributed by atoms with Crippen LogP contribution in [-0.4, -0.2) is 68.6 Å². The van der Waals surface area contributed by atoms with Crippen LogP contribution in [0.3, 0.4) is 0 Å². The maximum Gasteiger partial charge on any atom is 0.191 e. The number of guanidine groups is 1. The van der Waals surface area contributed by atoms with Gasteiger partial charge in [-0.05, 0) is 69.9 Å². The molecule has 6 heteroatoms. The van der Waals surface area contributed by atoms with Crippen molar-refractivity contribution < 1.29 is 4.42 Å². The number of nitrogens with zero attached hydrogens (tertiary/aromatic N) is 3. The van der Waals surface area contributed by atoms with Gasteiger partial charge in [-0.25, -0.2) is 0 Å². The highest BCUT2D eigenvalue weighted by Crippen LogP contribution is 2.24. The fourth-order valence-corrected chi connectivity index (χ4v) is 4.20. The lowest BCUT2D eigenvalue weighted by molar-refractivity contribution is 0.183. The lowest BCUT2D eigenvalue weighted by atomic mass is 9.98. The van der Waals surface area contributed by atoms with E-state index in [0.717, 1.165) is 44.4 Å². The summed E-state index contributed by atoms with van der Waals surface area (Å²) in [7, 11) is 1.85. The number of rotatable bonds is 7. The third-order valence-electron chi connectivity index (χ3n) is 5.75. The molecule has 1 aromatic rings. The molecular formula is C20H35N5O. The Bertz CT molecular complexity index is 538. The average molecular weight is 362 g/mol. The molecule has 2 N–H and O–H groups in total. The lowest BCUT2D eigenvalue weighted by Gasteiger charge is -2.32. The predicted octanol–water partition coefficient (Wildman–Crippen LogP) is 2.31. The van der Waals surface area contributed by atoms with Crippen molar-refractivity contribution in [2.45, 2.75) is 38.6 Å². The Morgan fingerprint density at radius 2 is 2.12 bits per heavy atom. The van der Waals surface area contributed by atoms with Gasteiger partial charge in [-0.15, -0.1) is 0 Å². The van der Waals surface area contributed by atoms with Crippen molar-refractivity contribution in [3.05, 3.63) is 24.2 Å². The Labute approximate surface area is 158 Å². The largest absolute Gasteiger partial charge is 0.468 e. The van der Waals surface area contributed by atoms with Crippen molar-refractivity contribution in [1.29, 1.82) is 0 Å². The molecule has 146 valence electrons. The third-order valence-corrected chi connectivity index (χ3v) is 5.75. The highest BCUT2D eigenvalue weighted by atomic mass is 16.3. The second-order valence-corrected chi connectivity index (χ2v) is 7.51. The highest BCUT2D eigenvalue weighted by molar-refractivity contribution is 5.79. The van der Waals surface area contributed by atoms with Crippen molar-refractivity contribution in [2.75, 3.05) is 52.9 Å². The fourth-order valence-electron chi connectivity index (χ4n) is 4.20. The van der Waals surface area contributed by atoms with Crippen LogP contribution in [-0.2, 0) is 0 Å². The number of piperidine rings is 1. The summed E-state index contributed by atoms with van der Waals surface area (Å²) in [6.45, 7) is 9.96. The van der Waals surface area contributed by atoms with E-state index in [4.69, 9.17) is 4.42 Å². The first-order valence-electron chi connectivity index (χ1n) is 10.2. The highest BCUT2D eigenvalue weighted by Gasteiger charge is 2.26. The van der Waals surface area contributed by atoms with Gasteiger partial charge < -0.3 is 20.0 Å². The summed E-state index contributed by atoms with van der Waals surface area (Å²) in [6.07, 6.45) is 6.94. The lowest BCUT2D eigenvalue weighted by Crippen LogP contribution is -2.46. The average Bonchev–Trinajstić information content (AvgIpc) is 3.39. The molecule has 0 aromatic carbocycles. The van der Waals surface area contributed by atoms with E-state index < -0.39 is 0 Å². The fraction of sp³-hybridized carbons (Fsp3) is 0.750.